The third kappa shape index (κ3) is 4.41. The molecule has 0 spiro atoms. The average molecular weight is 296 g/mol. The summed E-state index contributed by atoms with van der Waals surface area (Å²) in [6.07, 6.45) is 6.75. The molecule has 0 radical (unpaired) electrons. The van der Waals surface area contributed by atoms with Crippen molar-refractivity contribution < 1.29 is 9.84 Å². The molecule has 122 valence electrons. The van der Waals surface area contributed by atoms with Gasteiger partial charge in [-0.2, -0.15) is 0 Å². The van der Waals surface area contributed by atoms with E-state index in [1.54, 1.807) is 0 Å². The van der Waals surface area contributed by atoms with Gasteiger partial charge in [-0.1, -0.05) is 6.42 Å². The Labute approximate surface area is 129 Å². The third-order valence-electron chi connectivity index (χ3n) is 5.89. The standard InChI is InChI=1S/C17H32N2O2/c1-18-5-7-19(8-6-18)12-17(20)13-21-9-4-16-11-14-2-3-15(16)10-14/h14-17,20H,2-13H2,1H3/t14-,15-,16-,17+/m0/s1. The van der Waals surface area contributed by atoms with Gasteiger partial charge in [0, 0.05) is 39.3 Å². The molecule has 0 unspecified atom stereocenters. The van der Waals surface area contributed by atoms with Crippen molar-refractivity contribution in [3.8, 4) is 0 Å². The van der Waals surface area contributed by atoms with Crippen LogP contribution in [0.4, 0.5) is 0 Å². The number of fused-ring (bicyclic) bond motifs is 2. The summed E-state index contributed by atoms with van der Waals surface area (Å²) in [5.74, 6) is 2.94. The number of aliphatic hydroxyl groups is 1. The quantitative estimate of drug-likeness (QED) is 0.721. The third-order valence-corrected chi connectivity index (χ3v) is 5.89. The summed E-state index contributed by atoms with van der Waals surface area (Å²) in [4.78, 5) is 4.69. The van der Waals surface area contributed by atoms with Crippen molar-refractivity contribution in [2.45, 2.75) is 38.2 Å². The first-order valence-electron chi connectivity index (χ1n) is 8.87. The van der Waals surface area contributed by atoms with Crippen LogP contribution in [-0.2, 0) is 4.74 Å². The molecule has 2 bridgehead atoms. The molecule has 2 saturated carbocycles. The Hall–Kier alpha value is -0.160. The first-order chi connectivity index (χ1) is 10.2. The Bertz CT molecular complexity index is 318. The second-order valence-corrected chi connectivity index (χ2v) is 7.56. The van der Waals surface area contributed by atoms with Gasteiger partial charge in [-0.25, -0.2) is 0 Å². The van der Waals surface area contributed by atoms with Gasteiger partial charge >= 0.3 is 0 Å². The lowest BCUT2D eigenvalue weighted by molar-refractivity contribution is 0.00395. The zero-order valence-electron chi connectivity index (χ0n) is 13.5. The van der Waals surface area contributed by atoms with Gasteiger partial charge in [0.15, 0.2) is 0 Å². The van der Waals surface area contributed by atoms with Gasteiger partial charge < -0.3 is 14.7 Å². The molecule has 4 heteroatoms. The van der Waals surface area contributed by atoms with E-state index in [2.05, 4.69) is 16.8 Å². The lowest BCUT2D eigenvalue weighted by Gasteiger charge is -2.33. The van der Waals surface area contributed by atoms with Crippen LogP contribution in [0.15, 0.2) is 0 Å². The molecule has 3 aliphatic rings. The van der Waals surface area contributed by atoms with E-state index in [0.717, 1.165) is 57.1 Å². The van der Waals surface area contributed by atoms with E-state index in [-0.39, 0.29) is 6.10 Å². The molecule has 0 aromatic heterocycles. The second kappa shape index (κ2) is 7.40. The molecule has 0 aromatic rings. The van der Waals surface area contributed by atoms with Crippen LogP contribution in [0.25, 0.3) is 0 Å². The minimum Gasteiger partial charge on any atom is -0.389 e. The highest BCUT2D eigenvalue weighted by Gasteiger charge is 2.38. The minimum absolute atomic E-state index is 0.326. The largest absolute Gasteiger partial charge is 0.389 e. The van der Waals surface area contributed by atoms with Crippen molar-refractivity contribution in [1.29, 1.82) is 0 Å². The molecule has 4 atom stereocenters. The Morgan fingerprint density at radius 2 is 1.95 bits per heavy atom. The van der Waals surface area contributed by atoms with Gasteiger partial charge in [0.25, 0.3) is 0 Å². The van der Waals surface area contributed by atoms with Gasteiger partial charge in [-0.3, -0.25) is 4.90 Å². The van der Waals surface area contributed by atoms with E-state index in [9.17, 15) is 5.11 Å². The van der Waals surface area contributed by atoms with E-state index in [4.69, 9.17) is 4.74 Å². The number of nitrogens with zero attached hydrogens (tertiary/aromatic N) is 2. The number of hydrogen-bond acceptors (Lipinski definition) is 4. The molecule has 2 aliphatic carbocycles. The zero-order valence-corrected chi connectivity index (χ0v) is 13.5. The summed E-state index contributed by atoms with van der Waals surface area (Å²) < 4.78 is 5.74. The van der Waals surface area contributed by atoms with Crippen LogP contribution in [0.2, 0.25) is 0 Å². The van der Waals surface area contributed by atoms with Crippen LogP contribution < -0.4 is 0 Å². The van der Waals surface area contributed by atoms with Gasteiger partial charge in [0.1, 0.15) is 0 Å². The first-order valence-corrected chi connectivity index (χ1v) is 8.87. The molecule has 1 heterocycles. The number of ether oxygens (including phenoxy) is 1. The molecular formula is C17H32N2O2. The first kappa shape index (κ1) is 15.7. The fourth-order valence-electron chi connectivity index (χ4n) is 4.57. The molecule has 1 saturated heterocycles. The molecule has 0 amide bonds. The average Bonchev–Trinajstić information content (AvgIpc) is 3.09. The lowest BCUT2D eigenvalue weighted by Crippen LogP contribution is -2.47. The predicted octanol–water partition coefficient (Wildman–Crippen LogP) is 1.44. The van der Waals surface area contributed by atoms with E-state index in [1.165, 1.54) is 32.1 Å². The van der Waals surface area contributed by atoms with Gasteiger partial charge in [-0.15, -0.1) is 0 Å². The smallest absolute Gasteiger partial charge is 0.0900 e. The number of aliphatic hydroxyl groups excluding tert-OH is 1. The van der Waals surface area contributed by atoms with E-state index in [0.29, 0.717) is 6.61 Å². The maximum Gasteiger partial charge on any atom is 0.0900 e. The van der Waals surface area contributed by atoms with Crippen molar-refractivity contribution >= 4 is 0 Å². The van der Waals surface area contributed by atoms with Crippen molar-refractivity contribution in [2.24, 2.45) is 17.8 Å². The maximum atomic E-state index is 10.1. The maximum absolute atomic E-state index is 10.1. The summed E-state index contributed by atoms with van der Waals surface area (Å²) in [6, 6.07) is 0. The summed E-state index contributed by atoms with van der Waals surface area (Å²) in [6.45, 7) is 6.47. The highest BCUT2D eigenvalue weighted by Crippen LogP contribution is 2.49. The number of rotatable bonds is 7. The van der Waals surface area contributed by atoms with Gasteiger partial charge in [0.05, 0.1) is 12.7 Å². The summed E-state index contributed by atoms with van der Waals surface area (Å²) in [5, 5.41) is 10.1. The summed E-state index contributed by atoms with van der Waals surface area (Å²) >= 11 is 0. The van der Waals surface area contributed by atoms with E-state index < -0.39 is 0 Å². The van der Waals surface area contributed by atoms with Gasteiger partial charge in [0.2, 0.25) is 0 Å². The predicted molar refractivity (Wildman–Crippen MR) is 84.3 cm³/mol. The number of piperazine rings is 1. The van der Waals surface area contributed by atoms with Crippen molar-refractivity contribution in [3.63, 3.8) is 0 Å². The molecule has 3 fully saturated rings. The lowest BCUT2D eigenvalue weighted by atomic mass is 9.87. The van der Waals surface area contributed by atoms with E-state index in [1.807, 2.05) is 0 Å². The normalized spacial score (nSPS) is 35.4. The molecule has 0 aromatic carbocycles. The molecular weight excluding hydrogens is 264 g/mol. The summed E-state index contributed by atoms with van der Waals surface area (Å²) in [5.41, 5.74) is 0. The molecule has 21 heavy (non-hydrogen) atoms. The van der Waals surface area contributed by atoms with Gasteiger partial charge in [-0.05, 0) is 50.5 Å². The minimum atomic E-state index is -0.326. The fourth-order valence-corrected chi connectivity index (χ4v) is 4.57. The number of likely N-dealkylation sites (N-methyl/N-ethyl adjacent to an activating group) is 1. The van der Waals surface area contributed by atoms with Crippen LogP contribution in [0.3, 0.4) is 0 Å². The van der Waals surface area contributed by atoms with Crippen molar-refractivity contribution in [3.05, 3.63) is 0 Å². The molecule has 1 N–H and O–H groups in total. The topological polar surface area (TPSA) is 35.9 Å². The Balaban J connectivity index is 1.24. The van der Waals surface area contributed by atoms with Crippen LogP contribution in [0.5, 0.6) is 0 Å². The second-order valence-electron chi connectivity index (χ2n) is 7.56. The summed E-state index contributed by atoms with van der Waals surface area (Å²) in [7, 11) is 2.16. The van der Waals surface area contributed by atoms with Crippen LogP contribution >= 0.6 is 0 Å². The Morgan fingerprint density at radius 1 is 1.14 bits per heavy atom. The van der Waals surface area contributed by atoms with Crippen molar-refractivity contribution in [2.75, 3.05) is 53.0 Å². The Morgan fingerprint density at radius 3 is 2.62 bits per heavy atom. The highest BCUT2D eigenvalue weighted by atomic mass is 16.5. The molecule has 3 rings (SSSR count). The highest BCUT2D eigenvalue weighted by molar-refractivity contribution is 4.89. The monoisotopic (exact) mass is 296 g/mol. The van der Waals surface area contributed by atoms with E-state index >= 15 is 0 Å². The van der Waals surface area contributed by atoms with Crippen LogP contribution in [0.1, 0.15) is 32.1 Å². The zero-order chi connectivity index (χ0) is 14.7. The Kier molecular flexibility index (Phi) is 5.54. The molecule has 4 nitrogen and oxygen atoms in total. The number of β-amino-alcohol motifs (C(OH)–C–C–N with tert-alkyl or cyclic N) is 1. The van der Waals surface area contributed by atoms with Crippen molar-refractivity contribution in [1.82, 2.24) is 9.80 Å². The molecule has 1 aliphatic heterocycles. The fraction of sp³-hybridized carbons (Fsp3) is 1.00. The van der Waals surface area contributed by atoms with Crippen LogP contribution in [-0.4, -0.2) is 74.0 Å². The van der Waals surface area contributed by atoms with Crippen LogP contribution in [0, 0.1) is 17.8 Å². The number of hydrogen-bond donors (Lipinski definition) is 1. The SMILES string of the molecule is CN1CCN(C[C@@H](O)COCC[C@H]2C[C@H]3CC[C@H]2C3)CC1.